The van der Waals surface area contributed by atoms with Gasteiger partial charge in [-0.1, -0.05) is 72.8 Å². The van der Waals surface area contributed by atoms with Crippen LogP contribution in [0.5, 0.6) is 0 Å². The molecule has 3 nitrogen and oxygen atoms in total. The zero-order chi connectivity index (χ0) is 19.7. The van der Waals surface area contributed by atoms with Crippen molar-refractivity contribution in [2.45, 2.75) is 24.7 Å². The third-order valence-corrected chi connectivity index (χ3v) is 4.57. The molecule has 0 aliphatic rings. The molecule has 0 spiro atoms. The van der Waals surface area contributed by atoms with Gasteiger partial charge in [-0.05, 0) is 23.3 Å². The van der Waals surface area contributed by atoms with Gasteiger partial charge < -0.3 is 10.4 Å². The Morgan fingerprint density at radius 1 is 0.926 bits per heavy atom. The Morgan fingerprint density at radius 2 is 1.52 bits per heavy atom. The fourth-order valence-corrected chi connectivity index (χ4v) is 3.07. The number of halogens is 3. The van der Waals surface area contributed by atoms with Gasteiger partial charge in [0.2, 0.25) is 0 Å². The van der Waals surface area contributed by atoms with Crippen LogP contribution in [0.25, 0.3) is 10.8 Å². The fourth-order valence-electron chi connectivity index (χ4n) is 3.07. The van der Waals surface area contributed by atoms with Crippen LogP contribution in [0.15, 0.2) is 72.8 Å². The number of amides is 1. The van der Waals surface area contributed by atoms with Crippen LogP contribution in [0.4, 0.5) is 13.2 Å². The molecule has 3 rings (SSSR count). The average molecular weight is 373 g/mol. The lowest BCUT2D eigenvalue weighted by Crippen LogP contribution is -2.54. The minimum absolute atomic E-state index is 0.169. The van der Waals surface area contributed by atoms with Gasteiger partial charge in [0.05, 0.1) is 6.04 Å². The molecule has 0 heterocycles. The molecule has 3 aromatic carbocycles. The van der Waals surface area contributed by atoms with Crippen molar-refractivity contribution < 1.29 is 23.1 Å². The van der Waals surface area contributed by atoms with Gasteiger partial charge in [0.25, 0.3) is 11.5 Å². The van der Waals surface area contributed by atoms with Crippen LogP contribution in [0.2, 0.25) is 0 Å². The van der Waals surface area contributed by atoms with E-state index in [0.717, 1.165) is 6.07 Å². The number of hydrogen-bond donors (Lipinski definition) is 2. The topological polar surface area (TPSA) is 49.3 Å². The Bertz CT molecular complexity index is 951. The summed E-state index contributed by atoms with van der Waals surface area (Å²) in [4.78, 5) is 12.7. The Hall–Kier alpha value is -2.86. The quantitative estimate of drug-likeness (QED) is 0.709. The second-order valence-electron chi connectivity index (χ2n) is 6.34. The minimum Gasteiger partial charge on any atom is -0.368 e. The molecule has 0 radical (unpaired) electrons. The van der Waals surface area contributed by atoms with E-state index in [0.29, 0.717) is 10.9 Å². The summed E-state index contributed by atoms with van der Waals surface area (Å²) < 4.78 is 41.7. The van der Waals surface area contributed by atoms with Crippen molar-refractivity contribution >= 4 is 16.7 Å². The third kappa shape index (κ3) is 3.40. The monoisotopic (exact) mass is 373 g/mol. The number of carbonyl (C=O) groups excluding carboxylic acids is 1. The van der Waals surface area contributed by atoms with Gasteiger partial charge in [-0.15, -0.1) is 0 Å². The van der Waals surface area contributed by atoms with E-state index in [4.69, 9.17) is 0 Å². The average Bonchev–Trinajstić information content (AvgIpc) is 2.66. The van der Waals surface area contributed by atoms with E-state index in [1.54, 1.807) is 61.5 Å². The molecule has 6 heteroatoms. The van der Waals surface area contributed by atoms with E-state index >= 15 is 0 Å². The van der Waals surface area contributed by atoms with Gasteiger partial charge in [0, 0.05) is 5.56 Å². The van der Waals surface area contributed by atoms with Crippen molar-refractivity contribution in [3.63, 3.8) is 0 Å². The summed E-state index contributed by atoms with van der Waals surface area (Å²) in [5.41, 5.74) is -3.53. The van der Waals surface area contributed by atoms with Gasteiger partial charge in [0.15, 0.2) is 0 Å². The number of benzene rings is 3. The number of nitrogens with one attached hydrogen (secondary N) is 1. The highest BCUT2D eigenvalue weighted by molar-refractivity contribution is 5.95. The molecule has 0 fully saturated rings. The number of alkyl halides is 3. The Labute approximate surface area is 154 Å². The van der Waals surface area contributed by atoms with Crippen LogP contribution in [-0.4, -0.2) is 17.2 Å². The summed E-state index contributed by atoms with van der Waals surface area (Å²) in [6.07, 6.45) is -5.20. The third-order valence-electron chi connectivity index (χ3n) is 4.57. The number of hydrogen-bond acceptors (Lipinski definition) is 2. The molecule has 2 N–H and O–H groups in total. The minimum atomic E-state index is -5.20. The highest BCUT2D eigenvalue weighted by Gasteiger charge is 2.61. The molecular formula is C21H18F3NO2. The lowest BCUT2D eigenvalue weighted by molar-refractivity contribution is -0.256. The summed E-state index contributed by atoms with van der Waals surface area (Å²) >= 11 is 0. The molecule has 27 heavy (non-hydrogen) atoms. The fraction of sp³-hybridized carbons (Fsp3) is 0.190. The Balaban J connectivity index is 2.06. The van der Waals surface area contributed by atoms with Crippen LogP contribution in [0.1, 0.15) is 24.1 Å². The summed E-state index contributed by atoms with van der Waals surface area (Å²) in [5, 5.41) is 13.6. The number of carbonyl (C=O) groups is 1. The lowest BCUT2D eigenvalue weighted by atomic mass is 9.87. The van der Waals surface area contributed by atoms with Gasteiger partial charge >= 0.3 is 6.18 Å². The maximum Gasteiger partial charge on any atom is 0.430 e. The van der Waals surface area contributed by atoms with E-state index in [1.165, 1.54) is 12.1 Å². The molecule has 0 saturated heterocycles. The number of aliphatic hydroxyl groups is 1. The first-order chi connectivity index (χ1) is 12.7. The second-order valence-corrected chi connectivity index (χ2v) is 6.34. The highest BCUT2D eigenvalue weighted by atomic mass is 19.4. The SMILES string of the molecule is C[C@@H](NC(=O)[C@](O)(c1cccc2ccccc12)C(F)(F)F)c1ccccc1. The van der Waals surface area contributed by atoms with Crippen LogP contribution in [0, 0.1) is 0 Å². The van der Waals surface area contributed by atoms with Gasteiger partial charge in [-0.25, -0.2) is 0 Å². The van der Waals surface area contributed by atoms with Crippen molar-refractivity contribution in [1.29, 1.82) is 0 Å². The summed E-state index contributed by atoms with van der Waals surface area (Å²) in [7, 11) is 0. The van der Waals surface area contributed by atoms with E-state index in [-0.39, 0.29) is 5.39 Å². The van der Waals surface area contributed by atoms with E-state index in [9.17, 15) is 23.1 Å². The molecule has 0 saturated carbocycles. The standard InChI is InChI=1S/C21H18F3NO2/c1-14(15-8-3-2-4-9-15)25-19(26)20(27,21(22,23)24)18-13-7-11-16-10-5-6-12-17(16)18/h2-14,27H,1H3,(H,25,26)/t14-,20-/m1/s1. The van der Waals surface area contributed by atoms with Crippen LogP contribution >= 0.6 is 0 Å². The molecule has 0 unspecified atom stereocenters. The Morgan fingerprint density at radius 3 is 2.19 bits per heavy atom. The van der Waals surface area contributed by atoms with E-state index in [1.807, 2.05) is 0 Å². The van der Waals surface area contributed by atoms with Crippen LogP contribution < -0.4 is 5.32 Å². The van der Waals surface area contributed by atoms with Crippen molar-refractivity contribution in [2.24, 2.45) is 0 Å². The van der Waals surface area contributed by atoms with Crippen molar-refractivity contribution in [1.82, 2.24) is 5.32 Å². The van der Waals surface area contributed by atoms with Gasteiger partial charge in [-0.2, -0.15) is 13.2 Å². The van der Waals surface area contributed by atoms with Crippen molar-refractivity contribution in [3.05, 3.63) is 83.9 Å². The molecule has 0 bridgehead atoms. The zero-order valence-electron chi connectivity index (χ0n) is 14.5. The van der Waals surface area contributed by atoms with Crippen molar-refractivity contribution in [2.75, 3.05) is 0 Å². The second kappa shape index (κ2) is 7.04. The number of fused-ring (bicyclic) bond motifs is 1. The maximum atomic E-state index is 13.9. The van der Waals surface area contributed by atoms with Gasteiger partial charge in [-0.3, -0.25) is 4.79 Å². The summed E-state index contributed by atoms with van der Waals surface area (Å²) in [6, 6.07) is 18.3. The van der Waals surface area contributed by atoms with Crippen LogP contribution in [0.3, 0.4) is 0 Å². The van der Waals surface area contributed by atoms with Crippen LogP contribution in [-0.2, 0) is 10.4 Å². The first-order valence-corrected chi connectivity index (χ1v) is 8.38. The van der Waals surface area contributed by atoms with E-state index in [2.05, 4.69) is 5.32 Å². The summed E-state index contributed by atoms with van der Waals surface area (Å²) in [5.74, 6) is -1.51. The largest absolute Gasteiger partial charge is 0.430 e. The molecule has 140 valence electrons. The molecule has 2 atom stereocenters. The Kier molecular flexibility index (Phi) is 4.93. The zero-order valence-corrected chi connectivity index (χ0v) is 14.5. The maximum absolute atomic E-state index is 13.9. The summed E-state index contributed by atoms with van der Waals surface area (Å²) in [6.45, 7) is 1.56. The van der Waals surface area contributed by atoms with Gasteiger partial charge in [0.1, 0.15) is 0 Å². The smallest absolute Gasteiger partial charge is 0.368 e. The molecule has 0 aromatic heterocycles. The lowest BCUT2D eigenvalue weighted by Gasteiger charge is -2.31. The number of rotatable bonds is 4. The molecule has 0 aliphatic heterocycles. The van der Waals surface area contributed by atoms with Crippen molar-refractivity contribution in [3.8, 4) is 0 Å². The molecule has 3 aromatic rings. The first-order valence-electron chi connectivity index (χ1n) is 8.38. The molecule has 1 amide bonds. The molecular weight excluding hydrogens is 355 g/mol. The predicted molar refractivity (Wildman–Crippen MR) is 96.9 cm³/mol. The molecule has 0 aliphatic carbocycles. The first kappa shape index (κ1) is 18.9. The van der Waals surface area contributed by atoms with E-state index < -0.39 is 29.3 Å². The normalized spacial score (nSPS) is 15.1. The predicted octanol–water partition coefficient (Wildman–Crippen LogP) is 4.47. The highest BCUT2D eigenvalue weighted by Crippen LogP contribution is 2.42.